The monoisotopic (exact) mass is 347 g/mol. The third-order valence-electron chi connectivity index (χ3n) is 4.12. The van der Waals surface area contributed by atoms with Crippen LogP contribution in [0.25, 0.3) is 11.1 Å². The molecule has 2 aromatic carbocycles. The third kappa shape index (κ3) is 4.46. The highest BCUT2D eigenvalue weighted by Gasteiger charge is 2.14. The summed E-state index contributed by atoms with van der Waals surface area (Å²) in [5, 5.41) is 2.86. The van der Waals surface area contributed by atoms with Gasteiger partial charge in [0.25, 0.3) is 0 Å². The summed E-state index contributed by atoms with van der Waals surface area (Å²) in [4.78, 5) is 16.3. The maximum Gasteiger partial charge on any atom is 0.241 e. The van der Waals surface area contributed by atoms with E-state index in [0.29, 0.717) is 6.42 Å². The minimum atomic E-state index is -0.622. The molecule has 1 heterocycles. The lowest BCUT2D eigenvalue weighted by atomic mass is 10.1. The fourth-order valence-corrected chi connectivity index (χ4v) is 2.63. The Morgan fingerprint density at radius 3 is 2.23 bits per heavy atom. The van der Waals surface area contributed by atoms with Gasteiger partial charge in [-0.3, -0.25) is 9.78 Å². The van der Waals surface area contributed by atoms with Gasteiger partial charge in [0, 0.05) is 18.1 Å². The number of methoxy groups -OCH3 is 1. The number of carbonyl (C=O) groups is 1. The number of hydrogen-bond donors (Lipinski definition) is 2. The quantitative estimate of drug-likeness (QED) is 0.717. The Hall–Kier alpha value is -3.18. The molecule has 0 saturated heterocycles. The molecule has 1 amide bonds. The van der Waals surface area contributed by atoms with Crippen LogP contribution in [0.5, 0.6) is 5.75 Å². The van der Waals surface area contributed by atoms with Crippen LogP contribution in [0.3, 0.4) is 0 Å². The van der Waals surface area contributed by atoms with Crippen LogP contribution in [0.4, 0.5) is 5.69 Å². The number of benzene rings is 2. The predicted octanol–water partition coefficient (Wildman–Crippen LogP) is 3.27. The van der Waals surface area contributed by atoms with E-state index in [-0.39, 0.29) is 5.91 Å². The minimum absolute atomic E-state index is 0.211. The number of anilines is 1. The normalized spacial score (nSPS) is 11.6. The van der Waals surface area contributed by atoms with Crippen molar-refractivity contribution in [1.82, 2.24) is 4.98 Å². The second kappa shape index (κ2) is 8.27. The summed E-state index contributed by atoms with van der Waals surface area (Å²) in [6.07, 6.45) is 3.97. The van der Waals surface area contributed by atoms with Gasteiger partial charge in [0.2, 0.25) is 5.91 Å². The molecule has 5 nitrogen and oxygen atoms in total. The molecule has 0 unspecified atom stereocenters. The van der Waals surface area contributed by atoms with Gasteiger partial charge >= 0.3 is 0 Å². The van der Waals surface area contributed by atoms with Gasteiger partial charge in [-0.2, -0.15) is 0 Å². The van der Waals surface area contributed by atoms with Crippen molar-refractivity contribution in [3.63, 3.8) is 0 Å². The van der Waals surface area contributed by atoms with E-state index in [1.165, 1.54) is 0 Å². The summed E-state index contributed by atoms with van der Waals surface area (Å²) in [6.45, 7) is 0. The Labute approximate surface area is 152 Å². The van der Waals surface area contributed by atoms with Crippen molar-refractivity contribution in [2.24, 2.45) is 5.73 Å². The maximum atomic E-state index is 12.3. The lowest BCUT2D eigenvalue weighted by Gasteiger charge is -2.13. The summed E-state index contributed by atoms with van der Waals surface area (Å²) in [5.74, 6) is 0.568. The molecule has 1 aromatic heterocycles. The molecule has 1 atom stereocenters. The van der Waals surface area contributed by atoms with Crippen LogP contribution in [-0.4, -0.2) is 24.0 Å². The van der Waals surface area contributed by atoms with Crippen LogP contribution < -0.4 is 15.8 Å². The maximum absolute atomic E-state index is 12.3. The molecule has 0 spiro atoms. The largest absolute Gasteiger partial charge is 0.497 e. The molecule has 0 saturated carbocycles. The fraction of sp³-hybridized carbons (Fsp3) is 0.143. The van der Waals surface area contributed by atoms with E-state index in [4.69, 9.17) is 10.5 Å². The summed E-state index contributed by atoms with van der Waals surface area (Å²) in [7, 11) is 1.62. The molecule has 0 bridgehead atoms. The molecule has 0 aliphatic rings. The Morgan fingerprint density at radius 2 is 1.62 bits per heavy atom. The Bertz CT molecular complexity index is 847. The molecule has 3 rings (SSSR count). The molecule has 3 aromatic rings. The van der Waals surface area contributed by atoms with Gasteiger partial charge in [0.05, 0.1) is 13.2 Å². The first kappa shape index (κ1) is 17.6. The van der Waals surface area contributed by atoms with Gasteiger partial charge < -0.3 is 15.8 Å². The first-order valence-electron chi connectivity index (χ1n) is 8.35. The van der Waals surface area contributed by atoms with Crippen LogP contribution in [-0.2, 0) is 11.2 Å². The van der Waals surface area contributed by atoms with E-state index < -0.39 is 6.04 Å². The van der Waals surface area contributed by atoms with E-state index in [0.717, 1.165) is 28.1 Å². The van der Waals surface area contributed by atoms with Crippen LogP contribution >= 0.6 is 0 Å². The number of rotatable bonds is 6. The zero-order chi connectivity index (χ0) is 18.4. The zero-order valence-electron chi connectivity index (χ0n) is 14.6. The summed E-state index contributed by atoms with van der Waals surface area (Å²) < 4.78 is 5.13. The molecular weight excluding hydrogens is 326 g/mol. The van der Waals surface area contributed by atoms with E-state index in [1.54, 1.807) is 19.5 Å². The van der Waals surface area contributed by atoms with Gasteiger partial charge in [0.1, 0.15) is 5.75 Å². The van der Waals surface area contributed by atoms with Crippen molar-refractivity contribution >= 4 is 11.6 Å². The molecule has 26 heavy (non-hydrogen) atoms. The number of nitrogens with two attached hydrogens (primary N) is 1. The molecule has 0 aliphatic carbocycles. The van der Waals surface area contributed by atoms with E-state index >= 15 is 0 Å². The highest BCUT2D eigenvalue weighted by atomic mass is 16.5. The summed E-state index contributed by atoms with van der Waals surface area (Å²) in [5.41, 5.74) is 9.89. The minimum Gasteiger partial charge on any atom is -0.497 e. The molecular formula is C21H21N3O2. The van der Waals surface area contributed by atoms with Crippen molar-refractivity contribution in [2.75, 3.05) is 12.4 Å². The van der Waals surface area contributed by atoms with Crippen LogP contribution in [0.2, 0.25) is 0 Å². The lowest BCUT2D eigenvalue weighted by Crippen LogP contribution is -2.37. The Balaban J connectivity index is 1.59. The molecule has 0 radical (unpaired) electrons. The van der Waals surface area contributed by atoms with E-state index in [1.807, 2.05) is 60.7 Å². The topological polar surface area (TPSA) is 77.2 Å². The third-order valence-corrected chi connectivity index (χ3v) is 4.12. The number of amides is 1. The van der Waals surface area contributed by atoms with Gasteiger partial charge in [-0.1, -0.05) is 24.3 Å². The van der Waals surface area contributed by atoms with Crippen LogP contribution in [0, 0.1) is 0 Å². The number of nitrogens with zero attached hydrogens (tertiary/aromatic N) is 1. The van der Waals surface area contributed by atoms with Gasteiger partial charge in [-0.25, -0.2) is 0 Å². The molecule has 0 fully saturated rings. The first-order chi connectivity index (χ1) is 12.7. The molecule has 132 valence electrons. The number of hydrogen-bond acceptors (Lipinski definition) is 4. The first-order valence-corrected chi connectivity index (χ1v) is 8.35. The van der Waals surface area contributed by atoms with Crippen molar-refractivity contribution in [1.29, 1.82) is 0 Å². The highest BCUT2D eigenvalue weighted by Crippen LogP contribution is 2.20. The summed E-state index contributed by atoms with van der Waals surface area (Å²) >= 11 is 0. The molecule has 3 N–H and O–H groups in total. The average Bonchev–Trinajstić information content (AvgIpc) is 2.70. The van der Waals surface area contributed by atoms with Gasteiger partial charge in [-0.15, -0.1) is 0 Å². The fourth-order valence-electron chi connectivity index (χ4n) is 2.63. The van der Waals surface area contributed by atoms with Crippen molar-refractivity contribution in [3.05, 3.63) is 78.6 Å². The van der Waals surface area contributed by atoms with Crippen LogP contribution in [0.1, 0.15) is 5.56 Å². The zero-order valence-corrected chi connectivity index (χ0v) is 14.6. The highest BCUT2D eigenvalue weighted by molar-refractivity contribution is 5.95. The van der Waals surface area contributed by atoms with Crippen LogP contribution in [0.15, 0.2) is 73.1 Å². The van der Waals surface area contributed by atoms with Crippen molar-refractivity contribution < 1.29 is 9.53 Å². The number of carbonyl (C=O) groups excluding carboxylic acids is 1. The SMILES string of the molecule is COc1ccc(C[C@@H](N)C(=O)Nc2ccc(-c3ccncc3)cc2)cc1. The van der Waals surface area contributed by atoms with Gasteiger partial charge in [-0.05, 0) is 59.5 Å². The smallest absolute Gasteiger partial charge is 0.241 e. The number of nitrogens with one attached hydrogen (secondary N) is 1. The second-order valence-electron chi connectivity index (χ2n) is 5.96. The predicted molar refractivity (Wildman–Crippen MR) is 103 cm³/mol. The van der Waals surface area contributed by atoms with Gasteiger partial charge in [0.15, 0.2) is 0 Å². The molecule has 5 heteroatoms. The Morgan fingerprint density at radius 1 is 1.00 bits per heavy atom. The average molecular weight is 347 g/mol. The number of pyridine rings is 1. The van der Waals surface area contributed by atoms with E-state index in [2.05, 4.69) is 10.3 Å². The number of aromatic nitrogens is 1. The summed E-state index contributed by atoms with van der Waals surface area (Å²) in [6, 6.07) is 18.5. The van der Waals surface area contributed by atoms with E-state index in [9.17, 15) is 4.79 Å². The van der Waals surface area contributed by atoms with Crippen molar-refractivity contribution in [3.8, 4) is 16.9 Å². The Kier molecular flexibility index (Phi) is 5.61. The van der Waals surface area contributed by atoms with Crippen molar-refractivity contribution in [2.45, 2.75) is 12.5 Å². The standard InChI is InChI=1S/C21H21N3O2/c1-26-19-8-2-15(3-9-19)14-20(22)21(25)24-18-6-4-16(5-7-18)17-10-12-23-13-11-17/h2-13,20H,14,22H2,1H3,(H,24,25)/t20-/m1/s1. The second-order valence-corrected chi connectivity index (χ2v) is 5.96. The number of ether oxygens (including phenoxy) is 1. The molecule has 0 aliphatic heterocycles. The lowest BCUT2D eigenvalue weighted by molar-refractivity contribution is -0.117.